The third-order valence-electron chi connectivity index (χ3n) is 4.20. The van der Waals surface area contributed by atoms with Crippen molar-refractivity contribution in [2.75, 3.05) is 13.1 Å². The molecule has 4 heteroatoms. The third kappa shape index (κ3) is 4.03. The van der Waals surface area contributed by atoms with Crippen LogP contribution in [-0.2, 0) is 6.54 Å². The van der Waals surface area contributed by atoms with Gasteiger partial charge in [-0.05, 0) is 39.9 Å². The molecule has 3 nitrogen and oxygen atoms in total. The molecule has 0 saturated carbocycles. The normalized spacial score (nSPS) is 24.9. The van der Waals surface area contributed by atoms with Crippen molar-refractivity contribution in [1.82, 2.24) is 15.2 Å². The van der Waals surface area contributed by atoms with E-state index in [0.717, 1.165) is 29.8 Å². The van der Waals surface area contributed by atoms with Gasteiger partial charge >= 0.3 is 0 Å². The first kappa shape index (κ1) is 15.9. The number of nitrogens with zero attached hydrogens (tertiary/aromatic N) is 2. The van der Waals surface area contributed by atoms with Crippen molar-refractivity contribution in [3.63, 3.8) is 0 Å². The van der Waals surface area contributed by atoms with Gasteiger partial charge in [0.1, 0.15) is 0 Å². The van der Waals surface area contributed by atoms with Crippen LogP contribution in [0.15, 0.2) is 22.8 Å². The van der Waals surface area contributed by atoms with E-state index >= 15 is 0 Å². The van der Waals surface area contributed by atoms with Gasteiger partial charge in [-0.1, -0.05) is 27.7 Å². The van der Waals surface area contributed by atoms with E-state index < -0.39 is 0 Å². The van der Waals surface area contributed by atoms with Crippen molar-refractivity contribution < 1.29 is 0 Å². The average Bonchev–Trinajstić information content (AvgIpc) is 2.40. The summed E-state index contributed by atoms with van der Waals surface area (Å²) < 4.78 is 1.04. The highest BCUT2D eigenvalue weighted by Crippen LogP contribution is 2.25. The van der Waals surface area contributed by atoms with Crippen LogP contribution in [-0.4, -0.2) is 35.1 Å². The molecule has 1 aliphatic rings. The number of nitrogens with one attached hydrogen (secondary N) is 1. The maximum atomic E-state index is 4.52. The number of halogens is 1. The van der Waals surface area contributed by atoms with Crippen molar-refractivity contribution in [3.05, 3.63) is 28.5 Å². The maximum absolute atomic E-state index is 4.52. The van der Waals surface area contributed by atoms with Gasteiger partial charge in [0.15, 0.2) is 0 Å². The largest absolute Gasteiger partial charge is 0.311 e. The Kier molecular flexibility index (Phi) is 5.21. The predicted molar refractivity (Wildman–Crippen MR) is 87.7 cm³/mol. The first-order valence-electron chi connectivity index (χ1n) is 7.48. The number of rotatable bonds is 3. The number of piperazine rings is 1. The van der Waals surface area contributed by atoms with Crippen molar-refractivity contribution in [3.8, 4) is 0 Å². The molecule has 112 valence electrons. The Morgan fingerprint density at radius 1 is 1.40 bits per heavy atom. The van der Waals surface area contributed by atoms with Gasteiger partial charge in [0, 0.05) is 42.4 Å². The Bertz CT molecular complexity index is 424. The van der Waals surface area contributed by atoms with Crippen LogP contribution in [0.3, 0.4) is 0 Å². The van der Waals surface area contributed by atoms with Gasteiger partial charge in [0.25, 0.3) is 0 Å². The minimum atomic E-state index is 0.296. The number of pyridine rings is 1. The molecule has 2 atom stereocenters. The van der Waals surface area contributed by atoms with Gasteiger partial charge in [0.2, 0.25) is 0 Å². The quantitative estimate of drug-likeness (QED) is 0.914. The molecule has 0 amide bonds. The molecular formula is C16H26BrN3. The van der Waals surface area contributed by atoms with Crippen LogP contribution in [0.1, 0.15) is 39.8 Å². The molecule has 0 bridgehead atoms. The summed E-state index contributed by atoms with van der Waals surface area (Å²) in [6.45, 7) is 12.3. The van der Waals surface area contributed by atoms with Crippen LogP contribution < -0.4 is 5.32 Å². The standard InChI is InChI=1S/C16H26BrN3/c1-5-14-9-19-15(16(2,3)4)11-20(14)10-13-7-6-12(17)8-18-13/h6-8,14-15,19H,5,9-11H2,1-4H3. The summed E-state index contributed by atoms with van der Waals surface area (Å²) in [7, 11) is 0. The zero-order valence-electron chi connectivity index (χ0n) is 13.0. The van der Waals surface area contributed by atoms with Crippen molar-refractivity contribution in [1.29, 1.82) is 0 Å². The molecule has 1 aliphatic heterocycles. The van der Waals surface area contributed by atoms with E-state index in [4.69, 9.17) is 0 Å². The van der Waals surface area contributed by atoms with E-state index in [1.165, 1.54) is 6.42 Å². The van der Waals surface area contributed by atoms with E-state index in [0.29, 0.717) is 17.5 Å². The SMILES string of the molecule is CCC1CNC(C(C)(C)C)CN1Cc1ccc(Br)cn1. The third-order valence-corrected chi connectivity index (χ3v) is 4.67. The molecule has 1 fully saturated rings. The monoisotopic (exact) mass is 339 g/mol. The molecule has 20 heavy (non-hydrogen) atoms. The highest BCUT2D eigenvalue weighted by atomic mass is 79.9. The topological polar surface area (TPSA) is 28.2 Å². The summed E-state index contributed by atoms with van der Waals surface area (Å²) in [6, 6.07) is 5.34. The van der Waals surface area contributed by atoms with Crippen molar-refractivity contribution >= 4 is 15.9 Å². The van der Waals surface area contributed by atoms with E-state index in [1.54, 1.807) is 0 Å². The molecule has 0 spiro atoms. The van der Waals surface area contributed by atoms with Gasteiger partial charge in [-0.25, -0.2) is 0 Å². The van der Waals surface area contributed by atoms with Crippen molar-refractivity contribution in [2.24, 2.45) is 5.41 Å². The summed E-state index contributed by atoms with van der Waals surface area (Å²) >= 11 is 3.45. The highest BCUT2D eigenvalue weighted by molar-refractivity contribution is 9.10. The van der Waals surface area contributed by atoms with Gasteiger partial charge < -0.3 is 5.32 Å². The Hall–Kier alpha value is -0.450. The number of hydrogen-bond acceptors (Lipinski definition) is 3. The second-order valence-corrected chi connectivity index (χ2v) is 7.70. The highest BCUT2D eigenvalue weighted by Gasteiger charge is 2.33. The van der Waals surface area contributed by atoms with Gasteiger partial charge in [-0.2, -0.15) is 0 Å². The Labute approximate surface area is 131 Å². The lowest BCUT2D eigenvalue weighted by molar-refractivity contribution is 0.0765. The molecule has 1 aromatic heterocycles. The smallest absolute Gasteiger partial charge is 0.0544 e. The summed E-state index contributed by atoms with van der Waals surface area (Å²) in [5.74, 6) is 0. The first-order chi connectivity index (χ1) is 9.40. The van der Waals surface area contributed by atoms with E-state index in [2.05, 4.69) is 71.0 Å². The maximum Gasteiger partial charge on any atom is 0.0544 e. The van der Waals surface area contributed by atoms with E-state index in [9.17, 15) is 0 Å². The lowest BCUT2D eigenvalue weighted by Crippen LogP contribution is -2.59. The van der Waals surface area contributed by atoms with Crippen LogP contribution in [0, 0.1) is 5.41 Å². The first-order valence-corrected chi connectivity index (χ1v) is 8.27. The second kappa shape index (κ2) is 6.54. The number of hydrogen-bond donors (Lipinski definition) is 1. The average molecular weight is 340 g/mol. The lowest BCUT2D eigenvalue weighted by Gasteiger charge is -2.44. The van der Waals surface area contributed by atoms with Gasteiger partial charge in [-0.3, -0.25) is 9.88 Å². The molecule has 0 aromatic carbocycles. The summed E-state index contributed by atoms with van der Waals surface area (Å²) in [4.78, 5) is 7.11. The molecular weight excluding hydrogens is 314 g/mol. The minimum absolute atomic E-state index is 0.296. The molecule has 2 rings (SSSR count). The Balaban J connectivity index is 2.07. The molecule has 2 heterocycles. The fourth-order valence-electron chi connectivity index (χ4n) is 2.74. The van der Waals surface area contributed by atoms with Crippen LogP contribution in [0.5, 0.6) is 0 Å². The molecule has 0 aliphatic carbocycles. The lowest BCUT2D eigenvalue weighted by atomic mass is 9.84. The fraction of sp³-hybridized carbons (Fsp3) is 0.688. The van der Waals surface area contributed by atoms with Crippen LogP contribution in [0.2, 0.25) is 0 Å². The van der Waals surface area contributed by atoms with E-state index in [-0.39, 0.29) is 0 Å². The van der Waals surface area contributed by atoms with Crippen LogP contribution in [0.4, 0.5) is 0 Å². The number of aromatic nitrogens is 1. The Morgan fingerprint density at radius 3 is 2.70 bits per heavy atom. The molecule has 0 radical (unpaired) electrons. The Morgan fingerprint density at radius 2 is 2.15 bits per heavy atom. The van der Waals surface area contributed by atoms with Crippen molar-refractivity contribution in [2.45, 2.75) is 52.7 Å². The van der Waals surface area contributed by atoms with E-state index in [1.807, 2.05) is 6.20 Å². The van der Waals surface area contributed by atoms with Gasteiger partial charge in [0.05, 0.1) is 5.69 Å². The molecule has 1 aromatic rings. The predicted octanol–water partition coefficient (Wildman–Crippen LogP) is 3.44. The zero-order chi connectivity index (χ0) is 14.8. The zero-order valence-corrected chi connectivity index (χ0v) is 14.6. The van der Waals surface area contributed by atoms with Crippen LogP contribution in [0.25, 0.3) is 0 Å². The molecule has 1 N–H and O–H groups in total. The summed E-state index contributed by atoms with van der Waals surface area (Å²) in [5, 5.41) is 3.72. The molecule has 1 saturated heterocycles. The molecule has 2 unspecified atom stereocenters. The second-order valence-electron chi connectivity index (χ2n) is 6.79. The minimum Gasteiger partial charge on any atom is -0.311 e. The summed E-state index contributed by atoms with van der Waals surface area (Å²) in [6.07, 6.45) is 3.07. The summed E-state index contributed by atoms with van der Waals surface area (Å²) in [5.41, 5.74) is 1.45. The van der Waals surface area contributed by atoms with Crippen LogP contribution >= 0.6 is 15.9 Å². The van der Waals surface area contributed by atoms with Gasteiger partial charge in [-0.15, -0.1) is 0 Å². The fourth-order valence-corrected chi connectivity index (χ4v) is 2.97.